The molecule has 0 fully saturated rings. The van der Waals surface area contributed by atoms with Crippen LogP contribution in [-0.4, -0.2) is 54.4 Å². The summed E-state index contributed by atoms with van der Waals surface area (Å²) in [5.74, 6) is 1.09. The number of methoxy groups -OCH3 is 1. The summed E-state index contributed by atoms with van der Waals surface area (Å²) in [5.41, 5.74) is 3.44. The second-order valence-corrected chi connectivity index (χ2v) is 9.58. The molecule has 1 atom stereocenters. The van der Waals surface area contributed by atoms with Crippen molar-refractivity contribution in [1.29, 1.82) is 0 Å². The van der Waals surface area contributed by atoms with Crippen molar-refractivity contribution in [2.75, 3.05) is 33.3 Å². The lowest BCUT2D eigenvalue weighted by molar-refractivity contribution is 0.175. The predicted molar refractivity (Wildman–Crippen MR) is 140 cm³/mol. The van der Waals surface area contributed by atoms with Crippen LogP contribution in [0.2, 0.25) is 0 Å². The largest absolute Gasteiger partial charge is 0.504 e. The standard InChI is InChI=1S/C29H44N2O3/c1-3-20-31(25-15-16-26-24(22-25)14-17-27(32)29(26)33)21-9-5-4-8-18-30-19-10-12-23-11-6-7-13-28(23)34-2/h6-7,11,13-14,17,25,30,32-33H,3-5,8-10,12,15-16,18-22H2,1-2H3/t25-/m0/s1. The van der Waals surface area contributed by atoms with Gasteiger partial charge >= 0.3 is 0 Å². The van der Waals surface area contributed by atoms with Crippen LogP contribution < -0.4 is 10.1 Å². The van der Waals surface area contributed by atoms with Crippen LogP contribution in [0.3, 0.4) is 0 Å². The van der Waals surface area contributed by atoms with Crippen molar-refractivity contribution in [2.45, 2.75) is 77.2 Å². The van der Waals surface area contributed by atoms with Gasteiger partial charge in [-0.25, -0.2) is 0 Å². The first-order valence-electron chi connectivity index (χ1n) is 13.2. The topological polar surface area (TPSA) is 65.0 Å². The molecular formula is C29H44N2O3. The molecule has 0 radical (unpaired) electrons. The van der Waals surface area contributed by atoms with Crippen LogP contribution in [0.25, 0.3) is 0 Å². The summed E-state index contributed by atoms with van der Waals surface area (Å²) < 4.78 is 5.43. The predicted octanol–water partition coefficient (Wildman–Crippen LogP) is 5.46. The van der Waals surface area contributed by atoms with Gasteiger partial charge in [0.1, 0.15) is 5.75 Å². The average molecular weight is 469 g/mol. The third-order valence-corrected chi connectivity index (χ3v) is 7.11. The monoisotopic (exact) mass is 468 g/mol. The molecular weight excluding hydrogens is 424 g/mol. The van der Waals surface area contributed by atoms with E-state index < -0.39 is 0 Å². The van der Waals surface area contributed by atoms with Gasteiger partial charge in [0.2, 0.25) is 0 Å². The second kappa shape index (κ2) is 14.2. The lowest BCUT2D eigenvalue weighted by Crippen LogP contribution is -2.40. The first-order valence-corrected chi connectivity index (χ1v) is 13.2. The molecule has 1 aliphatic rings. The number of hydrogen-bond donors (Lipinski definition) is 3. The maximum atomic E-state index is 10.2. The Morgan fingerprint density at radius 1 is 0.971 bits per heavy atom. The van der Waals surface area contributed by atoms with Gasteiger partial charge in [-0.2, -0.15) is 0 Å². The molecule has 0 aromatic heterocycles. The number of phenolic OH excluding ortho intramolecular Hbond substituents is 2. The van der Waals surface area contributed by atoms with Crippen LogP contribution in [0, 0.1) is 0 Å². The zero-order valence-electron chi connectivity index (χ0n) is 21.2. The molecule has 0 unspecified atom stereocenters. The number of para-hydroxylation sites is 1. The van der Waals surface area contributed by atoms with Crippen molar-refractivity contribution in [3.8, 4) is 17.2 Å². The van der Waals surface area contributed by atoms with Crippen molar-refractivity contribution in [2.24, 2.45) is 0 Å². The number of hydrogen-bond acceptors (Lipinski definition) is 5. The number of unbranched alkanes of at least 4 members (excludes halogenated alkanes) is 3. The molecule has 0 bridgehead atoms. The lowest BCUT2D eigenvalue weighted by Gasteiger charge is -2.35. The number of benzene rings is 2. The normalized spacial score (nSPS) is 15.4. The summed E-state index contributed by atoms with van der Waals surface area (Å²) >= 11 is 0. The molecule has 3 N–H and O–H groups in total. The van der Waals surface area contributed by atoms with E-state index in [0.29, 0.717) is 6.04 Å². The highest BCUT2D eigenvalue weighted by molar-refractivity contribution is 5.50. The molecule has 0 aliphatic heterocycles. The van der Waals surface area contributed by atoms with Crippen LogP contribution in [0.15, 0.2) is 36.4 Å². The Morgan fingerprint density at radius 2 is 1.76 bits per heavy atom. The van der Waals surface area contributed by atoms with Crippen LogP contribution in [0.1, 0.15) is 68.6 Å². The SMILES string of the molecule is CCCN(CCCCCCNCCCc1ccccc1OC)[C@H]1CCc2c(ccc(O)c2O)C1. The average Bonchev–Trinajstić information content (AvgIpc) is 2.86. The molecule has 188 valence electrons. The van der Waals surface area contributed by atoms with Gasteiger partial charge in [-0.15, -0.1) is 0 Å². The van der Waals surface area contributed by atoms with Crippen LogP contribution >= 0.6 is 0 Å². The van der Waals surface area contributed by atoms with Gasteiger partial charge in [0.05, 0.1) is 7.11 Å². The van der Waals surface area contributed by atoms with E-state index in [0.717, 1.165) is 69.6 Å². The molecule has 34 heavy (non-hydrogen) atoms. The van der Waals surface area contributed by atoms with Crippen LogP contribution in [0.4, 0.5) is 0 Å². The summed E-state index contributed by atoms with van der Waals surface area (Å²) in [4.78, 5) is 2.66. The first-order chi connectivity index (χ1) is 16.6. The Balaban J connectivity index is 1.28. The molecule has 5 heteroatoms. The molecule has 1 aliphatic carbocycles. The first kappa shape index (κ1) is 26.4. The summed E-state index contributed by atoms with van der Waals surface area (Å²) in [7, 11) is 1.74. The van der Waals surface area contributed by atoms with E-state index in [4.69, 9.17) is 4.74 Å². The molecule has 0 spiro atoms. The number of phenols is 2. The zero-order chi connectivity index (χ0) is 24.2. The number of nitrogens with one attached hydrogen (secondary N) is 1. The number of aromatic hydroxyl groups is 2. The van der Waals surface area contributed by atoms with E-state index in [1.807, 2.05) is 18.2 Å². The fraction of sp³-hybridized carbons (Fsp3) is 0.586. The fourth-order valence-corrected chi connectivity index (χ4v) is 5.24. The van der Waals surface area contributed by atoms with Gasteiger partial charge < -0.3 is 25.2 Å². The summed E-state index contributed by atoms with van der Waals surface area (Å²) in [6.45, 7) is 6.70. The zero-order valence-corrected chi connectivity index (χ0v) is 21.2. The molecule has 5 nitrogen and oxygen atoms in total. The Bertz CT molecular complexity index is 870. The second-order valence-electron chi connectivity index (χ2n) is 9.58. The smallest absolute Gasteiger partial charge is 0.160 e. The maximum absolute atomic E-state index is 10.2. The number of ether oxygens (including phenoxy) is 1. The molecule has 3 rings (SSSR count). The minimum atomic E-state index is 0.00790. The van der Waals surface area contributed by atoms with Gasteiger partial charge in [-0.1, -0.05) is 44.0 Å². The molecule has 0 amide bonds. The van der Waals surface area contributed by atoms with Crippen LogP contribution in [-0.2, 0) is 19.3 Å². The third kappa shape index (κ3) is 7.64. The Morgan fingerprint density at radius 3 is 2.59 bits per heavy atom. The van der Waals surface area contributed by atoms with Gasteiger partial charge in [-0.3, -0.25) is 0 Å². The quantitative estimate of drug-likeness (QED) is 0.239. The maximum Gasteiger partial charge on any atom is 0.160 e. The molecule has 0 heterocycles. The summed E-state index contributed by atoms with van der Waals surface area (Å²) in [6, 6.07) is 12.5. The van der Waals surface area contributed by atoms with E-state index in [2.05, 4.69) is 29.3 Å². The number of nitrogens with zero attached hydrogens (tertiary/aromatic N) is 1. The molecule has 0 saturated carbocycles. The Kier molecular flexibility index (Phi) is 11.0. The number of rotatable bonds is 15. The highest BCUT2D eigenvalue weighted by atomic mass is 16.5. The third-order valence-electron chi connectivity index (χ3n) is 7.11. The molecule has 2 aromatic carbocycles. The Labute approximate surface area is 206 Å². The van der Waals surface area contributed by atoms with Crippen molar-refractivity contribution >= 4 is 0 Å². The fourth-order valence-electron chi connectivity index (χ4n) is 5.24. The minimum Gasteiger partial charge on any atom is -0.504 e. The van der Waals surface area contributed by atoms with Crippen molar-refractivity contribution in [1.82, 2.24) is 10.2 Å². The highest BCUT2D eigenvalue weighted by Crippen LogP contribution is 2.36. The van der Waals surface area contributed by atoms with Crippen molar-refractivity contribution in [3.63, 3.8) is 0 Å². The van der Waals surface area contributed by atoms with E-state index in [1.54, 1.807) is 13.2 Å². The summed E-state index contributed by atoms with van der Waals surface area (Å²) in [5, 5.41) is 23.5. The molecule has 2 aromatic rings. The summed E-state index contributed by atoms with van der Waals surface area (Å²) in [6.07, 6.45) is 11.3. The van der Waals surface area contributed by atoms with E-state index in [9.17, 15) is 10.2 Å². The number of fused-ring (bicyclic) bond motifs is 1. The van der Waals surface area contributed by atoms with Gasteiger partial charge in [0.15, 0.2) is 11.5 Å². The van der Waals surface area contributed by atoms with E-state index >= 15 is 0 Å². The lowest BCUT2D eigenvalue weighted by atomic mass is 9.86. The van der Waals surface area contributed by atoms with Gasteiger partial charge in [0.25, 0.3) is 0 Å². The van der Waals surface area contributed by atoms with Crippen molar-refractivity contribution in [3.05, 3.63) is 53.1 Å². The number of aryl methyl sites for hydroxylation is 1. The Hall–Kier alpha value is -2.24. The van der Waals surface area contributed by atoms with Crippen LogP contribution in [0.5, 0.6) is 17.2 Å². The van der Waals surface area contributed by atoms with Crippen molar-refractivity contribution < 1.29 is 14.9 Å². The van der Waals surface area contributed by atoms with Gasteiger partial charge in [-0.05, 0) is 101 Å². The highest BCUT2D eigenvalue weighted by Gasteiger charge is 2.26. The van der Waals surface area contributed by atoms with E-state index in [1.165, 1.54) is 43.2 Å². The van der Waals surface area contributed by atoms with Gasteiger partial charge in [0, 0.05) is 11.6 Å². The molecule has 0 saturated heterocycles. The minimum absolute atomic E-state index is 0.00790. The van der Waals surface area contributed by atoms with E-state index in [-0.39, 0.29) is 11.5 Å².